The molecule has 5 heteroatoms. The number of benzene rings is 2. The van der Waals surface area contributed by atoms with Gasteiger partial charge in [0, 0.05) is 32.0 Å². The summed E-state index contributed by atoms with van der Waals surface area (Å²) in [7, 11) is 0. The van der Waals surface area contributed by atoms with E-state index in [2.05, 4.69) is 54.0 Å². The monoisotopic (exact) mass is 379 g/mol. The van der Waals surface area contributed by atoms with Crippen molar-refractivity contribution in [1.29, 1.82) is 0 Å². The van der Waals surface area contributed by atoms with Crippen LogP contribution in [0.25, 0.3) is 0 Å². The molecule has 0 saturated heterocycles. The van der Waals surface area contributed by atoms with Gasteiger partial charge in [0.1, 0.15) is 11.5 Å². The average Bonchev–Trinajstić information content (AvgIpc) is 3.20. The Morgan fingerprint density at radius 3 is 2.89 bits per heavy atom. The predicted molar refractivity (Wildman–Crippen MR) is 113 cm³/mol. The summed E-state index contributed by atoms with van der Waals surface area (Å²) in [4.78, 5) is 4.84. The minimum Gasteiger partial charge on any atom is -0.493 e. The molecule has 5 nitrogen and oxygen atoms in total. The first-order valence-corrected chi connectivity index (χ1v) is 10.3. The van der Waals surface area contributed by atoms with Crippen molar-refractivity contribution in [3.05, 3.63) is 59.2 Å². The molecule has 2 aromatic carbocycles. The number of fused-ring (bicyclic) bond motifs is 2. The van der Waals surface area contributed by atoms with Gasteiger partial charge in [-0.15, -0.1) is 0 Å². The number of rotatable bonds is 6. The molecule has 1 atom stereocenters. The van der Waals surface area contributed by atoms with Gasteiger partial charge in [-0.3, -0.25) is 4.99 Å². The average molecular weight is 380 g/mol. The van der Waals surface area contributed by atoms with Crippen LogP contribution in [0.3, 0.4) is 0 Å². The van der Waals surface area contributed by atoms with Crippen LogP contribution in [0.1, 0.15) is 36.0 Å². The zero-order valence-electron chi connectivity index (χ0n) is 16.5. The lowest BCUT2D eigenvalue weighted by molar-refractivity contribution is 0.269. The minimum atomic E-state index is 0.414. The van der Waals surface area contributed by atoms with Gasteiger partial charge in [-0.05, 0) is 48.6 Å². The molecule has 2 N–H and O–H groups in total. The number of guanidine groups is 1. The summed E-state index contributed by atoms with van der Waals surface area (Å²) < 4.78 is 11.4. The second kappa shape index (κ2) is 9.00. The van der Waals surface area contributed by atoms with Gasteiger partial charge in [-0.1, -0.05) is 30.3 Å². The highest BCUT2D eigenvalue weighted by atomic mass is 16.5. The van der Waals surface area contributed by atoms with Crippen LogP contribution < -0.4 is 20.1 Å². The van der Waals surface area contributed by atoms with Crippen LogP contribution in [0.5, 0.6) is 11.5 Å². The van der Waals surface area contributed by atoms with E-state index >= 15 is 0 Å². The summed E-state index contributed by atoms with van der Waals surface area (Å²) in [5, 5.41) is 6.84. The normalized spacial score (nSPS) is 17.9. The Morgan fingerprint density at radius 1 is 1.07 bits per heavy atom. The van der Waals surface area contributed by atoms with Crippen molar-refractivity contribution in [2.75, 3.05) is 32.8 Å². The zero-order valence-corrected chi connectivity index (χ0v) is 16.5. The molecule has 2 aromatic rings. The molecule has 0 spiro atoms. The molecule has 0 fully saturated rings. The number of ether oxygens (including phenoxy) is 2. The lowest BCUT2D eigenvalue weighted by atomic mass is 9.93. The Bertz CT molecular complexity index is 834. The summed E-state index contributed by atoms with van der Waals surface area (Å²) in [5.41, 5.74) is 3.94. The molecule has 4 rings (SSSR count). The molecule has 28 heavy (non-hydrogen) atoms. The Kier molecular flexibility index (Phi) is 6.00. The molecule has 0 saturated carbocycles. The molecule has 2 heterocycles. The first-order valence-electron chi connectivity index (χ1n) is 10.3. The lowest BCUT2D eigenvalue weighted by Gasteiger charge is -2.25. The standard InChI is InChI=1S/C23H29N3O2/c1-2-24-23(25-12-9-17-7-8-21-18(15-17)10-13-27-21)26-16-19-11-14-28-22-6-4-3-5-20(19)22/h3-8,15,19H,2,9-14,16H2,1H3,(H2,24,25,26). The van der Waals surface area contributed by atoms with E-state index in [9.17, 15) is 0 Å². The molecule has 1 unspecified atom stereocenters. The Labute approximate surface area is 167 Å². The Balaban J connectivity index is 1.34. The van der Waals surface area contributed by atoms with Gasteiger partial charge in [-0.2, -0.15) is 0 Å². The van der Waals surface area contributed by atoms with Crippen LogP contribution in [0.4, 0.5) is 0 Å². The predicted octanol–water partition coefficient (Wildman–Crippen LogP) is 3.29. The van der Waals surface area contributed by atoms with Crippen molar-refractivity contribution in [2.24, 2.45) is 4.99 Å². The van der Waals surface area contributed by atoms with Crippen LogP contribution >= 0.6 is 0 Å². The van der Waals surface area contributed by atoms with Crippen LogP contribution in [0.15, 0.2) is 47.5 Å². The van der Waals surface area contributed by atoms with Gasteiger partial charge in [0.2, 0.25) is 0 Å². The molecule has 0 bridgehead atoms. The number of nitrogens with one attached hydrogen (secondary N) is 2. The molecule has 148 valence electrons. The highest BCUT2D eigenvalue weighted by molar-refractivity contribution is 5.79. The highest BCUT2D eigenvalue weighted by Gasteiger charge is 2.20. The number of nitrogens with zero attached hydrogens (tertiary/aromatic N) is 1. The van der Waals surface area contributed by atoms with Crippen molar-refractivity contribution in [3.63, 3.8) is 0 Å². The Hall–Kier alpha value is -2.69. The van der Waals surface area contributed by atoms with Crippen molar-refractivity contribution < 1.29 is 9.47 Å². The second-order valence-electron chi connectivity index (χ2n) is 7.31. The van der Waals surface area contributed by atoms with Crippen LogP contribution in [0.2, 0.25) is 0 Å². The first kappa shape index (κ1) is 18.7. The molecule has 0 amide bonds. The molecule has 0 aromatic heterocycles. The van der Waals surface area contributed by atoms with E-state index in [4.69, 9.17) is 14.5 Å². The third kappa shape index (κ3) is 4.41. The quantitative estimate of drug-likeness (QED) is 0.597. The summed E-state index contributed by atoms with van der Waals surface area (Å²) >= 11 is 0. The molecule has 2 aliphatic rings. The molecule has 0 aliphatic carbocycles. The fourth-order valence-electron chi connectivity index (χ4n) is 3.87. The van der Waals surface area contributed by atoms with Gasteiger partial charge in [-0.25, -0.2) is 0 Å². The fraction of sp³-hybridized carbons (Fsp3) is 0.435. The van der Waals surface area contributed by atoms with E-state index < -0.39 is 0 Å². The summed E-state index contributed by atoms with van der Waals surface area (Å²) in [5.74, 6) is 3.35. The van der Waals surface area contributed by atoms with Gasteiger partial charge in [0.05, 0.1) is 13.2 Å². The van der Waals surface area contributed by atoms with Gasteiger partial charge in [0.15, 0.2) is 5.96 Å². The van der Waals surface area contributed by atoms with Crippen molar-refractivity contribution in [3.8, 4) is 11.5 Å². The van der Waals surface area contributed by atoms with Gasteiger partial charge < -0.3 is 20.1 Å². The number of hydrogen-bond donors (Lipinski definition) is 2. The number of para-hydroxylation sites is 1. The van der Waals surface area contributed by atoms with Crippen molar-refractivity contribution in [1.82, 2.24) is 10.6 Å². The maximum absolute atomic E-state index is 5.76. The van der Waals surface area contributed by atoms with Crippen molar-refractivity contribution >= 4 is 5.96 Å². The van der Waals surface area contributed by atoms with E-state index in [1.54, 1.807) is 0 Å². The topological polar surface area (TPSA) is 54.9 Å². The minimum absolute atomic E-state index is 0.414. The lowest BCUT2D eigenvalue weighted by Crippen LogP contribution is -2.38. The van der Waals surface area contributed by atoms with Crippen molar-refractivity contribution in [2.45, 2.75) is 32.1 Å². The van der Waals surface area contributed by atoms with Gasteiger partial charge in [0.25, 0.3) is 0 Å². The third-order valence-electron chi connectivity index (χ3n) is 5.36. The van der Waals surface area contributed by atoms with Crippen LogP contribution in [-0.4, -0.2) is 38.8 Å². The number of hydrogen-bond acceptors (Lipinski definition) is 3. The maximum Gasteiger partial charge on any atom is 0.191 e. The van der Waals surface area contributed by atoms with E-state index in [1.807, 2.05) is 6.07 Å². The molecule has 0 radical (unpaired) electrons. The molecule has 2 aliphatic heterocycles. The second-order valence-corrected chi connectivity index (χ2v) is 7.31. The fourth-order valence-corrected chi connectivity index (χ4v) is 3.87. The van der Waals surface area contributed by atoms with Crippen LogP contribution in [-0.2, 0) is 12.8 Å². The zero-order chi connectivity index (χ0) is 19.2. The van der Waals surface area contributed by atoms with E-state index in [-0.39, 0.29) is 0 Å². The van der Waals surface area contributed by atoms with E-state index in [0.717, 1.165) is 69.6 Å². The van der Waals surface area contributed by atoms with E-state index in [0.29, 0.717) is 5.92 Å². The largest absolute Gasteiger partial charge is 0.493 e. The summed E-state index contributed by atoms with van der Waals surface area (Å²) in [6.45, 7) is 6.16. The summed E-state index contributed by atoms with van der Waals surface area (Å²) in [6.07, 6.45) is 3.00. The smallest absolute Gasteiger partial charge is 0.191 e. The molecular formula is C23H29N3O2. The third-order valence-corrected chi connectivity index (χ3v) is 5.36. The van der Waals surface area contributed by atoms with Gasteiger partial charge >= 0.3 is 0 Å². The SMILES string of the molecule is CCNC(=NCC1CCOc2ccccc21)NCCc1ccc2c(c1)CCO2. The van der Waals surface area contributed by atoms with E-state index in [1.165, 1.54) is 16.7 Å². The van der Waals surface area contributed by atoms with Crippen LogP contribution in [0, 0.1) is 0 Å². The summed E-state index contributed by atoms with van der Waals surface area (Å²) in [6, 6.07) is 14.8. The highest BCUT2D eigenvalue weighted by Crippen LogP contribution is 2.33. The number of aliphatic imine (C=N–C) groups is 1. The maximum atomic E-state index is 5.76. The first-order chi connectivity index (χ1) is 13.8. The molecular weight excluding hydrogens is 350 g/mol. The Morgan fingerprint density at radius 2 is 1.96 bits per heavy atom.